The summed E-state index contributed by atoms with van der Waals surface area (Å²) in [6.45, 7) is 6.71. The van der Waals surface area contributed by atoms with Crippen LogP contribution in [0.15, 0.2) is 0 Å². The molecule has 2 fully saturated rings. The molecule has 4 heteroatoms. The van der Waals surface area contributed by atoms with Crippen molar-refractivity contribution in [3.8, 4) is 0 Å². The van der Waals surface area contributed by atoms with Gasteiger partial charge < -0.3 is 9.30 Å². The Morgan fingerprint density at radius 2 is 2.29 bits per heavy atom. The van der Waals surface area contributed by atoms with Gasteiger partial charge in [-0.15, -0.1) is 0 Å². The van der Waals surface area contributed by atoms with Gasteiger partial charge in [0, 0.05) is 12.5 Å². The minimum Gasteiger partial charge on any atom is -0.464 e. The van der Waals surface area contributed by atoms with Crippen molar-refractivity contribution in [2.45, 2.75) is 44.4 Å². The molecule has 0 aromatic heterocycles. The molecule has 2 aliphatic heterocycles. The summed E-state index contributed by atoms with van der Waals surface area (Å²) in [5.41, 5.74) is 0. The van der Waals surface area contributed by atoms with Crippen molar-refractivity contribution in [3.63, 3.8) is 0 Å². The highest BCUT2D eigenvalue weighted by Crippen LogP contribution is 2.30. The molecule has 1 unspecified atom stereocenters. The third-order valence-corrected chi connectivity index (χ3v) is 7.25. The predicted molar refractivity (Wildman–Crippen MR) is 57.6 cm³/mol. The summed E-state index contributed by atoms with van der Waals surface area (Å²) in [6.07, 6.45) is 2.96. The van der Waals surface area contributed by atoms with E-state index in [1.54, 1.807) is 0 Å². The van der Waals surface area contributed by atoms with Gasteiger partial charge >= 0.3 is 5.97 Å². The molecule has 2 saturated heterocycles. The number of carbonyl (C=O) groups is 1. The van der Waals surface area contributed by atoms with E-state index in [2.05, 4.69) is 17.7 Å². The van der Waals surface area contributed by atoms with Gasteiger partial charge in [0.05, 0.1) is 0 Å². The molecule has 2 aliphatic rings. The van der Waals surface area contributed by atoms with Crippen molar-refractivity contribution in [2.75, 3.05) is 13.2 Å². The molecule has 0 bridgehead atoms. The summed E-state index contributed by atoms with van der Waals surface area (Å²) in [5.74, 6) is -0.0140. The Balaban J connectivity index is 1.98. The summed E-state index contributed by atoms with van der Waals surface area (Å²) in [7, 11) is -1.14. The fourth-order valence-corrected chi connectivity index (χ4v) is 5.95. The van der Waals surface area contributed by atoms with Crippen LogP contribution in [-0.2, 0) is 9.53 Å². The van der Waals surface area contributed by atoms with E-state index in [0.717, 1.165) is 6.42 Å². The maximum absolute atomic E-state index is 11.0. The monoisotopic (exact) mass is 213 g/mol. The molecule has 80 valence electrons. The first-order valence-electron chi connectivity index (χ1n) is 5.52. The minimum absolute atomic E-state index is 0.0140. The predicted octanol–water partition coefficient (Wildman–Crippen LogP) is 1.60. The first-order valence-corrected chi connectivity index (χ1v) is 8.67. The van der Waals surface area contributed by atoms with Crippen LogP contribution in [0.5, 0.6) is 0 Å². The summed E-state index contributed by atoms with van der Waals surface area (Å²) in [4.78, 5) is 11.0. The number of nitrogens with zero attached hydrogens (tertiary/aromatic N) is 1. The van der Waals surface area contributed by atoms with Crippen molar-refractivity contribution < 1.29 is 9.53 Å². The first-order chi connectivity index (χ1) is 6.59. The van der Waals surface area contributed by atoms with E-state index in [4.69, 9.17) is 4.74 Å². The lowest BCUT2D eigenvalue weighted by Crippen LogP contribution is -2.52. The van der Waals surface area contributed by atoms with Crippen molar-refractivity contribution >= 4 is 14.2 Å². The number of ether oxygens (including phenoxy) is 1. The Hall–Kier alpha value is -0.353. The fourth-order valence-electron chi connectivity index (χ4n) is 2.68. The first kappa shape index (κ1) is 10.2. The van der Waals surface area contributed by atoms with E-state index >= 15 is 0 Å². The quantitative estimate of drug-likeness (QED) is 0.489. The lowest BCUT2D eigenvalue weighted by atomic mass is 10.1. The summed E-state index contributed by atoms with van der Waals surface area (Å²) in [6, 6.07) is 1.93. The van der Waals surface area contributed by atoms with Crippen LogP contribution in [0.1, 0.15) is 19.3 Å². The number of rotatable bonds is 1. The topological polar surface area (TPSA) is 29.5 Å². The smallest absolute Gasteiger partial charge is 0.305 e. The normalized spacial score (nSPS) is 33.0. The van der Waals surface area contributed by atoms with Crippen LogP contribution < -0.4 is 0 Å². The van der Waals surface area contributed by atoms with E-state index in [0.29, 0.717) is 19.1 Å². The van der Waals surface area contributed by atoms with Crippen LogP contribution in [0.3, 0.4) is 0 Å². The molecule has 2 heterocycles. The van der Waals surface area contributed by atoms with Crippen LogP contribution in [0, 0.1) is 0 Å². The average Bonchev–Trinajstić information content (AvgIpc) is 2.47. The van der Waals surface area contributed by atoms with Gasteiger partial charge in [-0.25, -0.2) is 0 Å². The number of hydrogen-bond donors (Lipinski definition) is 0. The minimum atomic E-state index is -1.14. The third kappa shape index (κ3) is 1.86. The standard InChI is InChI=1S/C10H19NO2Si/c1-14(2)7-3-6-11(14)9-4-5-10(12)13-8-9/h9H,3-8H2,1-2H3. The van der Waals surface area contributed by atoms with Crippen LogP contribution in [0.4, 0.5) is 0 Å². The zero-order chi connectivity index (χ0) is 10.2. The van der Waals surface area contributed by atoms with Crippen molar-refractivity contribution in [2.24, 2.45) is 0 Å². The largest absolute Gasteiger partial charge is 0.464 e. The van der Waals surface area contributed by atoms with Gasteiger partial charge in [-0.1, -0.05) is 13.1 Å². The second-order valence-corrected chi connectivity index (χ2v) is 9.68. The van der Waals surface area contributed by atoms with E-state index < -0.39 is 8.24 Å². The van der Waals surface area contributed by atoms with Gasteiger partial charge in [-0.05, 0) is 25.4 Å². The number of cyclic esters (lactones) is 1. The molecular formula is C10H19NO2Si. The highest BCUT2D eigenvalue weighted by molar-refractivity contribution is 6.75. The molecular weight excluding hydrogens is 194 g/mol. The Labute approximate surface area is 86.5 Å². The Kier molecular flexibility index (Phi) is 2.66. The van der Waals surface area contributed by atoms with E-state index in [1.165, 1.54) is 19.0 Å². The van der Waals surface area contributed by atoms with Gasteiger partial charge in [0.2, 0.25) is 0 Å². The number of hydrogen-bond acceptors (Lipinski definition) is 3. The van der Waals surface area contributed by atoms with Gasteiger partial charge in [-0.3, -0.25) is 4.79 Å². The molecule has 2 rings (SSSR count). The average molecular weight is 213 g/mol. The summed E-state index contributed by atoms with van der Waals surface area (Å²) < 4.78 is 7.79. The van der Waals surface area contributed by atoms with Crippen LogP contribution >= 0.6 is 0 Å². The lowest BCUT2D eigenvalue weighted by molar-refractivity contribution is -0.149. The molecule has 0 spiro atoms. The molecule has 0 aromatic rings. The molecule has 0 aromatic carbocycles. The molecule has 0 amide bonds. The Morgan fingerprint density at radius 3 is 2.79 bits per heavy atom. The highest BCUT2D eigenvalue weighted by atomic mass is 28.3. The van der Waals surface area contributed by atoms with Crippen molar-refractivity contribution in [3.05, 3.63) is 0 Å². The molecule has 0 aliphatic carbocycles. The molecule has 0 saturated carbocycles. The van der Waals surface area contributed by atoms with Crippen LogP contribution in [-0.4, -0.2) is 38.0 Å². The van der Waals surface area contributed by atoms with Crippen molar-refractivity contribution in [1.29, 1.82) is 0 Å². The Morgan fingerprint density at radius 1 is 1.50 bits per heavy atom. The molecule has 14 heavy (non-hydrogen) atoms. The fraction of sp³-hybridized carbons (Fsp3) is 0.900. The second kappa shape index (κ2) is 3.66. The molecule has 0 radical (unpaired) electrons. The van der Waals surface area contributed by atoms with Crippen LogP contribution in [0.2, 0.25) is 19.1 Å². The highest BCUT2D eigenvalue weighted by Gasteiger charge is 2.40. The maximum atomic E-state index is 11.0. The molecule has 0 N–H and O–H groups in total. The lowest BCUT2D eigenvalue weighted by Gasteiger charge is -2.38. The van der Waals surface area contributed by atoms with E-state index in [9.17, 15) is 4.79 Å². The third-order valence-electron chi connectivity index (χ3n) is 3.52. The van der Waals surface area contributed by atoms with Gasteiger partial charge in [0.1, 0.15) is 14.8 Å². The maximum Gasteiger partial charge on any atom is 0.305 e. The summed E-state index contributed by atoms with van der Waals surface area (Å²) >= 11 is 0. The van der Waals surface area contributed by atoms with Gasteiger partial charge in [0.15, 0.2) is 0 Å². The second-order valence-electron chi connectivity index (χ2n) is 4.98. The van der Waals surface area contributed by atoms with Crippen molar-refractivity contribution in [1.82, 2.24) is 4.57 Å². The number of esters is 1. The van der Waals surface area contributed by atoms with Gasteiger partial charge in [-0.2, -0.15) is 0 Å². The SMILES string of the molecule is C[Si]1(C)CCCN1C1CCC(=O)OC1. The summed E-state index contributed by atoms with van der Waals surface area (Å²) in [5, 5.41) is 0. The van der Waals surface area contributed by atoms with Crippen LogP contribution in [0.25, 0.3) is 0 Å². The van der Waals surface area contributed by atoms with E-state index in [-0.39, 0.29) is 5.97 Å². The van der Waals surface area contributed by atoms with E-state index in [1.807, 2.05) is 0 Å². The zero-order valence-electron chi connectivity index (χ0n) is 9.08. The molecule has 3 nitrogen and oxygen atoms in total. The van der Waals surface area contributed by atoms with Gasteiger partial charge in [0.25, 0.3) is 0 Å². The zero-order valence-corrected chi connectivity index (χ0v) is 10.1. The Bertz CT molecular complexity index is 232. The molecule has 1 atom stereocenters. The number of carbonyl (C=O) groups excluding carboxylic acids is 1.